The van der Waals surface area contributed by atoms with E-state index in [1.165, 1.54) is 22.8 Å². The van der Waals surface area contributed by atoms with Crippen LogP contribution in [0.2, 0.25) is 0 Å². The fraction of sp³-hybridized carbons (Fsp3) is 0.211. The quantitative estimate of drug-likeness (QED) is 0.719. The lowest BCUT2D eigenvalue weighted by molar-refractivity contribution is -0.132. The molecule has 0 aliphatic carbocycles. The summed E-state index contributed by atoms with van der Waals surface area (Å²) in [4.78, 5) is 26.0. The molecule has 0 N–H and O–H groups in total. The molecule has 0 bridgehead atoms. The number of rotatable bonds is 4. The number of carbonyl (C=O) groups is 1. The van der Waals surface area contributed by atoms with Gasteiger partial charge in [0.15, 0.2) is 0 Å². The summed E-state index contributed by atoms with van der Waals surface area (Å²) >= 11 is 0. The van der Waals surface area contributed by atoms with Crippen molar-refractivity contribution in [2.75, 3.05) is 0 Å². The van der Waals surface area contributed by atoms with Crippen molar-refractivity contribution >= 4 is 5.91 Å². The number of pyridine rings is 1. The van der Waals surface area contributed by atoms with Crippen LogP contribution >= 0.6 is 0 Å². The Balaban J connectivity index is 1.47. The molecule has 3 heterocycles. The zero-order valence-corrected chi connectivity index (χ0v) is 14.0. The van der Waals surface area contributed by atoms with Crippen LogP contribution in [0.4, 0.5) is 4.39 Å². The van der Waals surface area contributed by atoms with Gasteiger partial charge < -0.3 is 9.47 Å². The molecule has 1 aromatic carbocycles. The molecule has 1 aliphatic rings. The Labute approximate surface area is 149 Å². The van der Waals surface area contributed by atoms with Crippen LogP contribution in [0, 0.1) is 5.82 Å². The maximum atomic E-state index is 13.0. The number of fused-ring (bicyclic) bond motifs is 1. The molecule has 0 fully saturated rings. The highest BCUT2D eigenvalue weighted by molar-refractivity contribution is 5.76. The maximum absolute atomic E-state index is 13.0. The average Bonchev–Trinajstić information content (AvgIpc) is 3.21. The summed E-state index contributed by atoms with van der Waals surface area (Å²) in [6.45, 7) is 1.49. The van der Waals surface area contributed by atoms with Crippen molar-refractivity contribution in [3.63, 3.8) is 0 Å². The van der Waals surface area contributed by atoms with Crippen molar-refractivity contribution in [3.8, 4) is 0 Å². The van der Waals surface area contributed by atoms with E-state index in [-0.39, 0.29) is 23.8 Å². The molecular formula is C19H17FN4O2. The zero-order valence-electron chi connectivity index (χ0n) is 14.0. The van der Waals surface area contributed by atoms with Gasteiger partial charge in [0.05, 0.1) is 25.0 Å². The number of nitrogens with zero attached hydrogens (tertiary/aromatic N) is 4. The van der Waals surface area contributed by atoms with Crippen LogP contribution in [0.15, 0.2) is 59.7 Å². The van der Waals surface area contributed by atoms with E-state index in [4.69, 9.17) is 0 Å². The summed E-state index contributed by atoms with van der Waals surface area (Å²) in [5.74, 6) is -0.379. The Bertz CT molecular complexity index is 1010. The predicted octanol–water partition coefficient (Wildman–Crippen LogP) is 1.77. The van der Waals surface area contributed by atoms with E-state index in [1.807, 2.05) is 4.68 Å². The van der Waals surface area contributed by atoms with Crippen LogP contribution in [0.1, 0.15) is 16.8 Å². The number of benzene rings is 1. The average molecular weight is 352 g/mol. The number of amides is 1. The first-order valence-electron chi connectivity index (χ1n) is 8.31. The van der Waals surface area contributed by atoms with Crippen molar-refractivity contribution in [2.45, 2.75) is 26.2 Å². The van der Waals surface area contributed by atoms with E-state index in [9.17, 15) is 14.0 Å². The van der Waals surface area contributed by atoms with Gasteiger partial charge in [-0.05, 0) is 23.8 Å². The summed E-state index contributed by atoms with van der Waals surface area (Å²) in [6, 6.07) is 11.1. The van der Waals surface area contributed by atoms with Gasteiger partial charge in [-0.3, -0.25) is 14.3 Å². The molecule has 0 saturated heterocycles. The zero-order chi connectivity index (χ0) is 18.1. The number of hydrogen-bond donors (Lipinski definition) is 0. The Morgan fingerprint density at radius 3 is 2.69 bits per heavy atom. The van der Waals surface area contributed by atoms with Gasteiger partial charge in [-0.1, -0.05) is 18.2 Å². The van der Waals surface area contributed by atoms with Gasteiger partial charge in [-0.25, -0.2) is 4.39 Å². The van der Waals surface area contributed by atoms with Gasteiger partial charge in [0, 0.05) is 24.4 Å². The van der Waals surface area contributed by atoms with E-state index >= 15 is 0 Å². The van der Waals surface area contributed by atoms with Crippen molar-refractivity contribution in [1.29, 1.82) is 0 Å². The minimum absolute atomic E-state index is 0.0232. The highest BCUT2D eigenvalue weighted by Gasteiger charge is 2.27. The third-order valence-electron chi connectivity index (χ3n) is 4.54. The second-order valence-electron chi connectivity index (χ2n) is 6.32. The summed E-state index contributed by atoms with van der Waals surface area (Å²) in [7, 11) is 0. The molecule has 0 unspecified atom stereocenters. The summed E-state index contributed by atoms with van der Waals surface area (Å²) in [5.41, 5.74) is 2.72. The van der Waals surface area contributed by atoms with Gasteiger partial charge in [0.25, 0.3) is 5.56 Å². The van der Waals surface area contributed by atoms with Crippen LogP contribution in [-0.2, 0) is 31.0 Å². The summed E-state index contributed by atoms with van der Waals surface area (Å²) < 4.78 is 16.3. The monoisotopic (exact) mass is 352 g/mol. The number of aromatic nitrogens is 3. The van der Waals surface area contributed by atoms with E-state index in [1.54, 1.807) is 41.6 Å². The minimum atomic E-state index is -0.271. The van der Waals surface area contributed by atoms with Gasteiger partial charge in [-0.2, -0.15) is 5.10 Å². The highest BCUT2D eigenvalue weighted by atomic mass is 19.1. The number of hydrogen-bond acceptors (Lipinski definition) is 3. The first kappa shape index (κ1) is 16.3. The minimum Gasteiger partial charge on any atom is -0.331 e. The molecule has 7 heteroatoms. The highest BCUT2D eigenvalue weighted by Crippen LogP contribution is 2.23. The van der Waals surface area contributed by atoms with E-state index < -0.39 is 0 Å². The third-order valence-corrected chi connectivity index (χ3v) is 4.54. The molecule has 0 radical (unpaired) electrons. The molecule has 26 heavy (non-hydrogen) atoms. The summed E-state index contributed by atoms with van der Waals surface area (Å²) in [6.07, 6.45) is 3.38. The fourth-order valence-corrected chi connectivity index (χ4v) is 3.12. The van der Waals surface area contributed by atoms with Crippen LogP contribution in [0.5, 0.6) is 0 Å². The van der Waals surface area contributed by atoms with Gasteiger partial charge in [-0.15, -0.1) is 0 Å². The molecule has 132 valence electrons. The lowest BCUT2D eigenvalue weighted by Gasteiger charge is -2.17. The fourth-order valence-electron chi connectivity index (χ4n) is 3.12. The Morgan fingerprint density at radius 1 is 1.12 bits per heavy atom. The molecule has 0 atom stereocenters. The number of carbonyl (C=O) groups excluding carboxylic acids is 1. The van der Waals surface area contributed by atoms with E-state index in [0.29, 0.717) is 19.6 Å². The van der Waals surface area contributed by atoms with E-state index in [0.717, 1.165) is 16.8 Å². The second kappa shape index (κ2) is 6.59. The Kier molecular flexibility index (Phi) is 4.12. The van der Waals surface area contributed by atoms with Crippen molar-refractivity contribution < 1.29 is 9.18 Å². The lowest BCUT2D eigenvalue weighted by Crippen LogP contribution is -2.33. The molecule has 1 aliphatic heterocycles. The first-order valence-corrected chi connectivity index (χ1v) is 8.31. The van der Waals surface area contributed by atoms with Gasteiger partial charge >= 0.3 is 0 Å². The Hall–Kier alpha value is -3.22. The standard InChI is InChI=1S/C19H17FN4O2/c20-16-6-4-14(5-7-16)10-24-17-12-23(11-15(17)9-21-24)19(26)13-22-8-2-1-3-18(22)25/h1-9H,10-13H2. The third kappa shape index (κ3) is 3.15. The molecule has 6 nitrogen and oxygen atoms in total. The molecule has 2 aromatic heterocycles. The Morgan fingerprint density at radius 2 is 1.92 bits per heavy atom. The SMILES string of the molecule is O=C(Cn1ccccc1=O)N1Cc2cnn(Cc3ccc(F)cc3)c2C1. The van der Waals surface area contributed by atoms with Gasteiger partial charge in [0.2, 0.25) is 5.91 Å². The largest absolute Gasteiger partial charge is 0.331 e. The first-order chi connectivity index (χ1) is 12.6. The van der Waals surface area contributed by atoms with Crippen LogP contribution in [0.25, 0.3) is 0 Å². The maximum Gasteiger partial charge on any atom is 0.250 e. The van der Waals surface area contributed by atoms with Crippen LogP contribution < -0.4 is 5.56 Å². The van der Waals surface area contributed by atoms with Crippen LogP contribution in [-0.4, -0.2) is 25.2 Å². The number of halogens is 1. The molecule has 3 aromatic rings. The van der Waals surface area contributed by atoms with Crippen LogP contribution in [0.3, 0.4) is 0 Å². The predicted molar refractivity (Wildman–Crippen MR) is 92.7 cm³/mol. The molecule has 0 saturated carbocycles. The molecular weight excluding hydrogens is 335 g/mol. The van der Waals surface area contributed by atoms with Crippen molar-refractivity contribution in [3.05, 3.63) is 87.9 Å². The molecule has 0 spiro atoms. The van der Waals surface area contributed by atoms with Crippen molar-refractivity contribution in [1.82, 2.24) is 19.2 Å². The van der Waals surface area contributed by atoms with E-state index in [2.05, 4.69) is 5.10 Å². The van der Waals surface area contributed by atoms with Gasteiger partial charge in [0.1, 0.15) is 12.4 Å². The smallest absolute Gasteiger partial charge is 0.250 e. The second-order valence-corrected chi connectivity index (χ2v) is 6.32. The molecule has 4 rings (SSSR count). The van der Waals surface area contributed by atoms with Crippen molar-refractivity contribution in [2.24, 2.45) is 0 Å². The normalized spacial score (nSPS) is 13.0. The topological polar surface area (TPSA) is 60.1 Å². The summed E-state index contributed by atoms with van der Waals surface area (Å²) in [5, 5.41) is 4.38. The molecule has 1 amide bonds. The lowest BCUT2D eigenvalue weighted by atomic mass is 10.2.